The van der Waals surface area contributed by atoms with Crippen molar-refractivity contribution in [1.29, 1.82) is 0 Å². The molecule has 2 bridgehead atoms. The van der Waals surface area contributed by atoms with Crippen molar-refractivity contribution >= 4 is 16.8 Å². The maximum absolute atomic E-state index is 12.8. The van der Waals surface area contributed by atoms with E-state index in [1.165, 1.54) is 0 Å². The molecule has 8 heteroatoms. The molecule has 150 valence electrons. The zero-order chi connectivity index (χ0) is 20.0. The summed E-state index contributed by atoms with van der Waals surface area (Å²) in [5.74, 6) is -0.0712. The molecule has 2 aromatic heterocycles. The van der Waals surface area contributed by atoms with Crippen molar-refractivity contribution in [2.75, 3.05) is 26.2 Å². The Morgan fingerprint density at radius 1 is 1.28 bits per heavy atom. The summed E-state index contributed by atoms with van der Waals surface area (Å²) in [5, 5.41) is 23.2. The third-order valence-electron chi connectivity index (χ3n) is 6.35. The molecule has 3 aliphatic heterocycles. The first-order chi connectivity index (χ1) is 14.0. The Morgan fingerprint density at radius 3 is 2.83 bits per heavy atom. The summed E-state index contributed by atoms with van der Waals surface area (Å²) in [7, 11) is 0. The minimum Gasteiger partial charge on any atom is -0.386 e. The second-order valence-electron chi connectivity index (χ2n) is 8.12. The molecule has 0 spiro atoms. The number of carbonyl (C=O) groups excluding carboxylic acids is 1. The van der Waals surface area contributed by atoms with Crippen LogP contribution in [0.2, 0.25) is 0 Å². The van der Waals surface area contributed by atoms with Gasteiger partial charge in [-0.3, -0.25) is 9.78 Å². The van der Waals surface area contributed by atoms with Crippen molar-refractivity contribution in [3.63, 3.8) is 0 Å². The van der Waals surface area contributed by atoms with Crippen molar-refractivity contribution in [2.45, 2.75) is 25.4 Å². The average Bonchev–Trinajstić information content (AvgIpc) is 3.13. The van der Waals surface area contributed by atoms with Crippen LogP contribution in [-0.2, 0) is 0 Å². The molecular formula is C21H24N6O2. The summed E-state index contributed by atoms with van der Waals surface area (Å²) in [6, 6.07) is 9.71. The van der Waals surface area contributed by atoms with E-state index in [0.717, 1.165) is 42.5 Å². The molecule has 3 saturated heterocycles. The van der Waals surface area contributed by atoms with Gasteiger partial charge in [0.05, 0.1) is 22.5 Å². The highest BCUT2D eigenvalue weighted by atomic mass is 16.3. The van der Waals surface area contributed by atoms with Crippen LogP contribution in [-0.4, -0.2) is 67.7 Å². The number of hydrogen-bond acceptors (Lipinski definition) is 6. The van der Waals surface area contributed by atoms with Crippen LogP contribution in [0.3, 0.4) is 0 Å². The summed E-state index contributed by atoms with van der Waals surface area (Å²) < 4.78 is 1.65. The summed E-state index contributed by atoms with van der Waals surface area (Å²) >= 11 is 0. The number of hydrogen-bond donors (Lipinski definition) is 2. The van der Waals surface area contributed by atoms with Crippen LogP contribution in [0.25, 0.3) is 16.6 Å². The fraction of sp³-hybridized carbons (Fsp3) is 0.429. The number of benzene rings is 1. The van der Waals surface area contributed by atoms with Crippen LogP contribution in [0, 0.1) is 12.8 Å². The van der Waals surface area contributed by atoms with Gasteiger partial charge in [-0.15, -0.1) is 5.10 Å². The highest BCUT2D eigenvalue weighted by Crippen LogP contribution is 2.35. The van der Waals surface area contributed by atoms with Gasteiger partial charge >= 0.3 is 0 Å². The van der Waals surface area contributed by atoms with Crippen molar-refractivity contribution in [3.05, 3.63) is 47.9 Å². The average molecular weight is 392 g/mol. The van der Waals surface area contributed by atoms with E-state index in [1.54, 1.807) is 10.9 Å². The van der Waals surface area contributed by atoms with E-state index in [2.05, 4.69) is 25.5 Å². The minimum atomic E-state index is -0.865. The highest BCUT2D eigenvalue weighted by Gasteiger charge is 2.45. The van der Waals surface area contributed by atoms with Gasteiger partial charge in [-0.1, -0.05) is 23.4 Å². The standard InChI is InChI=1S/C21H24N6O2/c1-14-18(20(28)23-12-21(29)13-26-10-7-16(21)8-11-26)24-25-27(14)17-6-2-4-15-5-3-9-22-19(15)17/h2-6,9,16,29H,7-8,10-13H2,1H3,(H,23,28). The summed E-state index contributed by atoms with van der Waals surface area (Å²) in [6.07, 6.45) is 3.70. The van der Waals surface area contributed by atoms with Crippen LogP contribution in [0.1, 0.15) is 29.0 Å². The minimum absolute atomic E-state index is 0.231. The van der Waals surface area contributed by atoms with Crippen molar-refractivity contribution in [2.24, 2.45) is 5.92 Å². The molecule has 3 fully saturated rings. The Labute approximate surface area is 168 Å². The number of rotatable bonds is 4. The van der Waals surface area contributed by atoms with Gasteiger partial charge in [0.1, 0.15) is 0 Å². The van der Waals surface area contributed by atoms with E-state index in [0.29, 0.717) is 12.2 Å². The first kappa shape index (κ1) is 18.2. The van der Waals surface area contributed by atoms with Gasteiger partial charge in [-0.05, 0) is 50.9 Å². The van der Waals surface area contributed by atoms with Gasteiger partial charge in [0, 0.05) is 24.7 Å². The number of amides is 1. The summed E-state index contributed by atoms with van der Waals surface area (Å²) in [5.41, 5.74) is 1.62. The van der Waals surface area contributed by atoms with Crippen molar-refractivity contribution < 1.29 is 9.90 Å². The normalized spacial score (nSPS) is 26.0. The molecule has 0 saturated carbocycles. The maximum Gasteiger partial charge on any atom is 0.273 e. The molecular weight excluding hydrogens is 368 g/mol. The lowest BCUT2D eigenvalue weighted by Gasteiger charge is -2.50. The van der Waals surface area contributed by atoms with Crippen LogP contribution in [0.4, 0.5) is 0 Å². The molecule has 0 aliphatic carbocycles. The Morgan fingerprint density at radius 2 is 2.07 bits per heavy atom. The van der Waals surface area contributed by atoms with E-state index in [9.17, 15) is 9.90 Å². The number of nitrogens with zero attached hydrogens (tertiary/aromatic N) is 5. The van der Waals surface area contributed by atoms with Gasteiger partial charge < -0.3 is 15.3 Å². The maximum atomic E-state index is 12.8. The van der Waals surface area contributed by atoms with Gasteiger partial charge in [0.25, 0.3) is 5.91 Å². The quantitative estimate of drug-likeness (QED) is 0.695. The number of fused-ring (bicyclic) bond motifs is 4. The van der Waals surface area contributed by atoms with Crippen LogP contribution in [0.5, 0.6) is 0 Å². The summed E-state index contributed by atoms with van der Waals surface area (Å²) in [4.78, 5) is 19.5. The molecule has 1 aromatic carbocycles. The largest absolute Gasteiger partial charge is 0.386 e. The van der Waals surface area contributed by atoms with Crippen molar-refractivity contribution in [1.82, 2.24) is 30.2 Å². The van der Waals surface area contributed by atoms with Gasteiger partial charge in [-0.2, -0.15) is 0 Å². The number of pyridine rings is 1. The SMILES string of the molecule is Cc1c(C(=O)NCC2(O)CN3CCC2CC3)nnn1-c1cccc2cccnc12. The van der Waals surface area contributed by atoms with E-state index in [1.807, 2.05) is 37.3 Å². The zero-order valence-corrected chi connectivity index (χ0v) is 16.4. The molecule has 5 heterocycles. The molecule has 8 nitrogen and oxygen atoms in total. The van der Waals surface area contributed by atoms with Crippen LogP contribution in [0.15, 0.2) is 36.5 Å². The predicted molar refractivity (Wildman–Crippen MR) is 108 cm³/mol. The Kier molecular flexibility index (Phi) is 4.33. The van der Waals surface area contributed by atoms with E-state index >= 15 is 0 Å². The van der Waals surface area contributed by atoms with Crippen LogP contribution < -0.4 is 5.32 Å². The molecule has 1 atom stereocenters. The third-order valence-corrected chi connectivity index (χ3v) is 6.35. The zero-order valence-electron chi connectivity index (χ0n) is 16.4. The summed E-state index contributed by atoms with van der Waals surface area (Å²) in [6.45, 7) is 4.74. The lowest BCUT2D eigenvalue weighted by molar-refractivity contribution is -0.108. The topological polar surface area (TPSA) is 96.2 Å². The molecule has 1 unspecified atom stereocenters. The molecule has 6 rings (SSSR count). The lowest BCUT2D eigenvalue weighted by atomic mass is 9.75. The molecule has 2 N–H and O–H groups in total. The van der Waals surface area contributed by atoms with Crippen molar-refractivity contribution in [3.8, 4) is 5.69 Å². The fourth-order valence-electron chi connectivity index (χ4n) is 4.69. The highest BCUT2D eigenvalue weighted by molar-refractivity contribution is 5.93. The Hall–Kier alpha value is -2.84. The molecule has 3 aliphatic rings. The van der Waals surface area contributed by atoms with Gasteiger partial charge in [-0.25, -0.2) is 4.68 Å². The van der Waals surface area contributed by atoms with Gasteiger partial charge in [0.2, 0.25) is 0 Å². The molecule has 29 heavy (non-hydrogen) atoms. The predicted octanol–water partition coefficient (Wildman–Crippen LogP) is 1.31. The lowest BCUT2D eigenvalue weighted by Crippen LogP contribution is -2.63. The second kappa shape index (κ2) is 6.89. The fourth-order valence-corrected chi connectivity index (χ4v) is 4.69. The monoisotopic (exact) mass is 392 g/mol. The number of nitrogens with one attached hydrogen (secondary N) is 1. The first-order valence-corrected chi connectivity index (χ1v) is 10.0. The first-order valence-electron chi connectivity index (χ1n) is 10.0. The number of piperidine rings is 3. The molecule has 0 radical (unpaired) electrons. The number of para-hydroxylation sites is 1. The smallest absolute Gasteiger partial charge is 0.273 e. The second-order valence-corrected chi connectivity index (χ2v) is 8.12. The number of aliphatic hydroxyl groups is 1. The Balaban J connectivity index is 1.37. The number of carbonyl (C=O) groups is 1. The third kappa shape index (κ3) is 3.08. The number of aromatic nitrogens is 4. The Bertz CT molecular complexity index is 1070. The van der Waals surface area contributed by atoms with E-state index in [-0.39, 0.29) is 24.1 Å². The van der Waals surface area contributed by atoms with Crippen LogP contribution >= 0.6 is 0 Å². The molecule has 3 aromatic rings. The van der Waals surface area contributed by atoms with E-state index in [4.69, 9.17) is 0 Å². The van der Waals surface area contributed by atoms with E-state index < -0.39 is 5.60 Å². The van der Waals surface area contributed by atoms with Gasteiger partial charge in [0.15, 0.2) is 5.69 Å². The molecule has 1 amide bonds.